The highest BCUT2D eigenvalue weighted by Crippen LogP contribution is 2.24. The van der Waals surface area contributed by atoms with Crippen molar-refractivity contribution in [3.8, 4) is 0 Å². The van der Waals surface area contributed by atoms with Crippen molar-refractivity contribution in [2.75, 3.05) is 19.0 Å². The van der Waals surface area contributed by atoms with Gasteiger partial charge in [-0.1, -0.05) is 179 Å². The Morgan fingerprint density at radius 3 is 1.48 bits per heavy atom. The van der Waals surface area contributed by atoms with E-state index in [0.29, 0.717) is 12.8 Å². The molecule has 0 aliphatic carbocycles. The summed E-state index contributed by atoms with van der Waals surface area (Å²) in [6, 6.07) is 0. The van der Waals surface area contributed by atoms with Gasteiger partial charge < -0.3 is 34.3 Å². The summed E-state index contributed by atoms with van der Waals surface area (Å²) < 4.78 is 54.2. The largest absolute Gasteiger partial charge is 0.462 e. The van der Waals surface area contributed by atoms with E-state index in [1.165, 1.54) is 116 Å². The number of hydrogen-bond acceptors (Lipinski definition) is 11. The molecule has 1 aliphatic heterocycles. The van der Waals surface area contributed by atoms with Crippen LogP contribution in [-0.4, -0.2) is 96.0 Å². The average Bonchev–Trinajstić information content (AvgIpc) is 3.22. The van der Waals surface area contributed by atoms with Gasteiger partial charge in [-0.2, -0.15) is 8.42 Å². The van der Waals surface area contributed by atoms with Crippen molar-refractivity contribution in [1.29, 1.82) is 0 Å². The van der Waals surface area contributed by atoms with Gasteiger partial charge >= 0.3 is 11.9 Å². The average molecular weight is 889 g/mol. The van der Waals surface area contributed by atoms with Gasteiger partial charge in [-0.25, -0.2) is 0 Å². The summed E-state index contributed by atoms with van der Waals surface area (Å²) in [4.78, 5) is 25.5. The summed E-state index contributed by atoms with van der Waals surface area (Å²) in [5.41, 5.74) is 0. The smallest absolute Gasteiger partial charge is 0.306 e. The van der Waals surface area contributed by atoms with Gasteiger partial charge in [-0.05, 0) is 44.9 Å². The Bertz CT molecular complexity index is 1220. The zero-order valence-corrected chi connectivity index (χ0v) is 39.1. The van der Waals surface area contributed by atoms with Crippen molar-refractivity contribution >= 4 is 22.1 Å². The number of aliphatic hydroxyl groups excluding tert-OH is 3. The standard InChI is InChI=1S/C48H88O12S/c1-3-5-7-9-11-13-15-17-19-21-23-24-26-28-30-32-34-36-43(49)57-38-41(39-58-48-47(53)46(52)45(51)42(60-48)40-61(54,55)56)59-44(50)37-35-33-31-29-27-25-22-20-18-16-14-12-10-8-6-4-2/h11,13,17,19,41-42,45-48,51-53H,3-10,12,14-16,18,20-40H2,1-2H3,(H,54,55,56)/b13-11+,19-17+/t41-,42-,45-,46?,47?,48+/m1/s1. The molecule has 0 spiro atoms. The van der Waals surface area contributed by atoms with Gasteiger partial charge in [0.25, 0.3) is 10.1 Å². The lowest BCUT2D eigenvalue weighted by Gasteiger charge is -2.40. The number of allylic oxidation sites excluding steroid dienone is 4. The van der Waals surface area contributed by atoms with Crippen LogP contribution >= 0.6 is 0 Å². The maximum Gasteiger partial charge on any atom is 0.306 e. The fraction of sp³-hybridized carbons (Fsp3) is 0.875. The highest BCUT2D eigenvalue weighted by molar-refractivity contribution is 7.85. The number of esters is 2. The van der Waals surface area contributed by atoms with Crippen LogP contribution < -0.4 is 0 Å². The molecule has 0 radical (unpaired) electrons. The number of carbonyl (C=O) groups is 2. The van der Waals surface area contributed by atoms with Crippen LogP contribution in [0.5, 0.6) is 0 Å². The van der Waals surface area contributed by atoms with Crippen LogP contribution in [0.4, 0.5) is 0 Å². The number of carbonyl (C=O) groups excluding carboxylic acids is 2. The molecule has 0 aromatic rings. The van der Waals surface area contributed by atoms with Crippen molar-refractivity contribution in [2.24, 2.45) is 0 Å². The van der Waals surface area contributed by atoms with Crippen molar-refractivity contribution in [3.63, 3.8) is 0 Å². The number of hydrogen-bond donors (Lipinski definition) is 4. The van der Waals surface area contributed by atoms with E-state index in [-0.39, 0.29) is 19.4 Å². The molecule has 1 rings (SSSR count). The zero-order valence-electron chi connectivity index (χ0n) is 38.3. The second-order valence-electron chi connectivity index (χ2n) is 17.1. The molecule has 61 heavy (non-hydrogen) atoms. The Morgan fingerprint density at radius 1 is 0.557 bits per heavy atom. The van der Waals surface area contributed by atoms with Gasteiger partial charge in [0.1, 0.15) is 36.8 Å². The van der Waals surface area contributed by atoms with Crippen molar-refractivity contribution in [3.05, 3.63) is 24.3 Å². The molecule has 0 saturated carbocycles. The molecule has 2 unspecified atom stereocenters. The zero-order chi connectivity index (χ0) is 44.8. The predicted molar refractivity (Wildman–Crippen MR) is 243 cm³/mol. The van der Waals surface area contributed by atoms with Crippen LogP contribution in [0.2, 0.25) is 0 Å². The maximum atomic E-state index is 12.8. The van der Waals surface area contributed by atoms with Crippen LogP contribution in [0, 0.1) is 0 Å². The molecule has 1 aliphatic rings. The second-order valence-corrected chi connectivity index (χ2v) is 18.6. The Morgan fingerprint density at radius 2 is 0.984 bits per heavy atom. The third-order valence-corrected chi connectivity index (χ3v) is 12.0. The summed E-state index contributed by atoms with van der Waals surface area (Å²) in [5.74, 6) is -1.98. The minimum absolute atomic E-state index is 0.167. The number of rotatable bonds is 41. The lowest BCUT2D eigenvalue weighted by atomic mass is 10.00. The molecular formula is C48H88O12S. The third kappa shape index (κ3) is 33.3. The van der Waals surface area contributed by atoms with E-state index >= 15 is 0 Å². The molecule has 12 nitrogen and oxygen atoms in total. The summed E-state index contributed by atoms with van der Waals surface area (Å²) >= 11 is 0. The molecule has 0 aromatic heterocycles. The topological polar surface area (TPSA) is 186 Å². The Balaban J connectivity index is 2.40. The number of aliphatic hydroxyl groups is 3. The van der Waals surface area contributed by atoms with Crippen molar-refractivity contribution in [1.82, 2.24) is 0 Å². The summed E-state index contributed by atoms with van der Waals surface area (Å²) in [5, 5.41) is 30.9. The van der Waals surface area contributed by atoms with Crippen LogP contribution in [0.25, 0.3) is 0 Å². The summed E-state index contributed by atoms with van der Waals surface area (Å²) in [6.07, 6.45) is 33.5. The fourth-order valence-corrected chi connectivity index (χ4v) is 8.16. The minimum Gasteiger partial charge on any atom is -0.462 e. The predicted octanol–water partition coefficient (Wildman–Crippen LogP) is 10.4. The summed E-state index contributed by atoms with van der Waals surface area (Å²) in [7, 11) is -4.60. The molecule has 4 N–H and O–H groups in total. The van der Waals surface area contributed by atoms with Crippen LogP contribution in [0.15, 0.2) is 24.3 Å². The lowest BCUT2D eigenvalue weighted by molar-refractivity contribution is -0.297. The van der Waals surface area contributed by atoms with Crippen LogP contribution in [0.3, 0.4) is 0 Å². The van der Waals surface area contributed by atoms with Gasteiger partial charge in [-0.3, -0.25) is 14.1 Å². The molecule has 0 bridgehead atoms. The first-order valence-electron chi connectivity index (χ1n) is 24.4. The van der Waals surface area contributed by atoms with E-state index in [1.807, 2.05) is 0 Å². The molecule has 6 atom stereocenters. The van der Waals surface area contributed by atoms with Crippen LogP contribution in [0.1, 0.15) is 213 Å². The van der Waals surface area contributed by atoms with E-state index in [4.69, 9.17) is 18.9 Å². The molecular weight excluding hydrogens is 801 g/mol. The quantitative estimate of drug-likeness (QED) is 0.0197. The fourth-order valence-electron chi connectivity index (χ4n) is 7.47. The van der Waals surface area contributed by atoms with E-state index < -0.39 is 71.2 Å². The Labute approximate surface area is 370 Å². The molecule has 1 saturated heterocycles. The van der Waals surface area contributed by atoms with Gasteiger partial charge in [-0.15, -0.1) is 0 Å². The molecule has 0 amide bonds. The first-order chi connectivity index (χ1) is 29.5. The van der Waals surface area contributed by atoms with Gasteiger partial charge in [0.15, 0.2) is 12.4 Å². The molecule has 1 heterocycles. The van der Waals surface area contributed by atoms with E-state index in [9.17, 15) is 37.9 Å². The molecule has 13 heteroatoms. The normalized spacial score (nSPS) is 20.1. The van der Waals surface area contributed by atoms with E-state index in [1.54, 1.807) is 0 Å². The number of ether oxygens (including phenoxy) is 4. The van der Waals surface area contributed by atoms with Gasteiger partial charge in [0.05, 0.1) is 6.61 Å². The molecule has 1 fully saturated rings. The van der Waals surface area contributed by atoms with Crippen molar-refractivity contribution in [2.45, 2.75) is 250 Å². The minimum atomic E-state index is -4.60. The van der Waals surface area contributed by atoms with Gasteiger partial charge in [0, 0.05) is 12.8 Å². The van der Waals surface area contributed by atoms with Crippen LogP contribution in [-0.2, 0) is 38.7 Å². The van der Waals surface area contributed by atoms with Crippen molar-refractivity contribution < 1.29 is 56.8 Å². The van der Waals surface area contributed by atoms with E-state index in [2.05, 4.69) is 38.2 Å². The Kier molecular flexibility index (Phi) is 36.1. The monoisotopic (exact) mass is 889 g/mol. The number of unbranched alkanes of at least 4 members (excludes halogenated alkanes) is 25. The Hall–Kier alpha value is -1.87. The lowest BCUT2D eigenvalue weighted by Crippen LogP contribution is -2.60. The molecule has 0 aromatic carbocycles. The maximum absolute atomic E-state index is 12.8. The third-order valence-electron chi connectivity index (χ3n) is 11.3. The highest BCUT2D eigenvalue weighted by atomic mass is 32.2. The van der Waals surface area contributed by atoms with E-state index in [0.717, 1.165) is 57.8 Å². The first-order valence-corrected chi connectivity index (χ1v) is 26.0. The SMILES string of the molecule is CCCCC/C=C/C/C=C/CCCCCCCCCC(=O)OC[C@H](CO[C@H]1O[C@H](CS(=O)(=O)O)[C@@H](O)C(O)C1O)OC(=O)CCCCCCCCCCCCCCCCCC. The first kappa shape index (κ1) is 57.1. The second kappa shape index (κ2) is 38.6. The van der Waals surface area contributed by atoms with Gasteiger partial charge in [0.2, 0.25) is 0 Å². The molecule has 358 valence electrons. The highest BCUT2D eigenvalue weighted by Gasteiger charge is 2.46. The summed E-state index contributed by atoms with van der Waals surface area (Å²) in [6.45, 7) is 3.75.